The van der Waals surface area contributed by atoms with Gasteiger partial charge in [-0.25, -0.2) is 9.97 Å². The molecule has 0 aliphatic carbocycles. The summed E-state index contributed by atoms with van der Waals surface area (Å²) in [5, 5.41) is 4.61. The molecule has 3 aromatic rings. The molecule has 1 fully saturated rings. The topological polar surface area (TPSA) is 68.3 Å². The molecule has 4 heterocycles. The Morgan fingerprint density at radius 3 is 2.54 bits per heavy atom. The van der Waals surface area contributed by atoms with E-state index in [1.807, 2.05) is 24.4 Å². The summed E-state index contributed by atoms with van der Waals surface area (Å²) in [7, 11) is 0. The summed E-state index contributed by atoms with van der Waals surface area (Å²) in [5.74, 6) is 1.87. The van der Waals surface area contributed by atoms with E-state index >= 15 is 0 Å². The van der Waals surface area contributed by atoms with Crippen LogP contribution in [-0.4, -0.2) is 37.2 Å². The number of hydrogen-bond acceptors (Lipinski definition) is 5. The molecule has 1 aliphatic heterocycles. The van der Waals surface area contributed by atoms with Crippen LogP contribution in [0.1, 0.15) is 49.7 Å². The van der Waals surface area contributed by atoms with Crippen molar-refractivity contribution in [2.24, 2.45) is 5.92 Å². The molecular formula is C21H28N6O. The molecule has 0 spiro atoms. The minimum Gasteiger partial charge on any atom is -0.356 e. The van der Waals surface area contributed by atoms with Gasteiger partial charge >= 0.3 is 0 Å². The van der Waals surface area contributed by atoms with Gasteiger partial charge in [-0.3, -0.25) is 9.36 Å². The Balaban J connectivity index is 1.46. The zero-order valence-corrected chi connectivity index (χ0v) is 17.1. The molecule has 3 aromatic heterocycles. The van der Waals surface area contributed by atoms with Gasteiger partial charge in [0.1, 0.15) is 5.82 Å². The van der Waals surface area contributed by atoms with Gasteiger partial charge in [-0.15, -0.1) is 0 Å². The highest BCUT2D eigenvalue weighted by Crippen LogP contribution is 2.25. The highest BCUT2D eigenvalue weighted by atomic mass is 16.1. The molecule has 1 saturated heterocycles. The molecule has 0 amide bonds. The van der Waals surface area contributed by atoms with Crippen LogP contribution in [0.5, 0.6) is 0 Å². The summed E-state index contributed by atoms with van der Waals surface area (Å²) < 4.78 is 3.71. The summed E-state index contributed by atoms with van der Waals surface area (Å²) in [4.78, 5) is 23.8. The Kier molecular flexibility index (Phi) is 4.91. The lowest BCUT2D eigenvalue weighted by atomic mass is 9.96. The van der Waals surface area contributed by atoms with E-state index in [4.69, 9.17) is 0 Å². The lowest BCUT2D eigenvalue weighted by Crippen LogP contribution is -2.37. The smallest absolute Gasteiger partial charge is 0.253 e. The summed E-state index contributed by atoms with van der Waals surface area (Å²) >= 11 is 0. The highest BCUT2D eigenvalue weighted by Gasteiger charge is 2.22. The molecule has 0 atom stereocenters. The second-order valence-electron chi connectivity index (χ2n) is 8.20. The van der Waals surface area contributed by atoms with Gasteiger partial charge in [0.15, 0.2) is 5.65 Å². The van der Waals surface area contributed by atoms with Gasteiger partial charge in [0.05, 0.1) is 17.7 Å². The minimum absolute atomic E-state index is 0.0552. The van der Waals surface area contributed by atoms with Crippen LogP contribution in [0.15, 0.2) is 29.3 Å². The van der Waals surface area contributed by atoms with Crippen LogP contribution >= 0.6 is 0 Å². The average molecular weight is 380 g/mol. The van der Waals surface area contributed by atoms with Crippen molar-refractivity contribution in [2.75, 3.05) is 18.0 Å². The maximum absolute atomic E-state index is 12.4. The third kappa shape index (κ3) is 3.66. The van der Waals surface area contributed by atoms with Crippen molar-refractivity contribution in [1.29, 1.82) is 0 Å². The maximum Gasteiger partial charge on any atom is 0.253 e. The predicted octanol–water partition coefficient (Wildman–Crippen LogP) is 2.94. The van der Waals surface area contributed by atoms with Crippen molar-refractivity contribution in [3.63, 3.8) is 0 Å². The first-order valence-corrected chi connectivity index (χ1v) is 10.1. The fourth-order valence-electron chi connectivity index (χ4n) is 3.94. The molecule has 0 N–H and O–H groups in total. The fourth-order valence-corrected chi connectivity index (χ4v) is 3.94. The van der Waals surface area contributed by atoms with Gasteiger partial charge in [0, 0.05) is 43.5 Å². The largest absolute Gasteiger partial charge is 0.356 e. The SMILES string of the molecule is Cc1cc(N2CCC(Cn3cnc(C(C)C)cc3=O)CC2)n2nc(C)cc2n1. The summed E-state index contributed by atoms with van der Waals surface area (Å²) in [6.07, 6.45) is 3.80. The molecule has 4 rings (SSSR count). The summed E-state index contributed by atoms with van der Waals surface area (Å²) in [6, 6.07) is 5.80. The van der Waals surface area contributed by atoms with E-state index in [0.717, 1.165) is 61.0 Å². The van der Waals surface area contributed by atoms with Crippen LogP contribution in [-0.2, 0) is 6.54 Å². The molecule has 0 radical (unpaired) electrons. The van der Waals surface area contributed by atoms with E-state index in [9.17, 15) is 4.79 Å². The van der Waals surface area contributed by atoms with Crippen LogP contribution in [0.4, 0.5) is 5.82 Å². The number of piperidine rings is 1. The predicted molar refractivity (Wildman–Crippen MR) is 110 cm³/mol. The van der Waals surface area contributed by atoms with Crippen LogP contribution in [0.25, 0.3) is 5.65 Å². The monoisotopic (exact) mass is 380 g/mol. The fraction of sp³-hybridized carbons (Fsp3) is 0.524. The number of anilines is 1. The van der Waals surface area contributed by atoms with E-state index in [0.29, 0.717) is 5.92 Å². The lowest BCUT2D eigenvalue weighted by Gasteiger charge is -2.33. The molecule has 28 heavy (non-hydrogen) atoms. The normalized spacial score (nSPS) is 15.7. The van der Waals surface area contributed by atoms with Gasteiger partial charge in [-0.05, 0) is 38.5 Å². The van der Waals surface area contributed by atoms with Crippen molar-refractivity contribution >= 4 is 11.5 Å². The molecule has 1 aliphatic rings. The van der Waals surface area contributed by atoms with Gasteiger partial charge < -0.3 is 4.90 Å². The molecule has 148 valence electrons. The van der Waals surface area contributed by atoms with E-state index < -0.39 is 0 Å². The Morgan fingerprint density at radius 2 is 1.86 bits per heavy atom. The molecule has 0 aromatic carbocycles. The van der Waals surface area contributed by atoms with Gasteiger partial charge in [0.2, 0.25) is 0 Å². The van der Waals surface area contributed by atoms with Crippen molar-refractivity contribution in [3.8, 4) is 0 Å². The number of hydrogen-bond donors (Lipinski definition) is 0. The zero-order chi connectivity index (χ0) is 19.8. The number of aromatic nitrogens is 5. The van der Waals surface area contributed by atoms with Crippen molar-refractivity contribution in [1.82, 2.24) is 24.1 Å². The lowest BCUT2D eigenvalue weighted by molar-refractivity contribution is 0.349. The number of rotatable bonds is 4. The standard InChI is InChI=1S/C21H28N6O/c1-14(2)18-11-21(28)26(13-22-18)12-17-5-7-25(8-6-17)20-10-15(3)23-19-9-16(4)24-27(19)20/h9-11,13-14,17H,5-8,12H2,1-4H3. The van der Waals surface area contributed by atoms with Crippen LogP contribution < -0.4 is 10.5 Å². The van der Waals surface area contributed by atoms with E-state index in [1.165, 1.54) is 0 Å². The quantitative estimate of drug-likeness (QED) is 0.696. The Morgan fingerprint density at radius 1 is 1.11 bits per heavy atom. The van der Waals surface area contributed by atoms with E-state index in [2.05, 4.69) is 39.9 Å². The van der Waals surface area contributed by atoms with Gasteiger partial charge in [-0.1, -0.05) is 13.8 Å². The second kappa shape index (κ2) is 7.37. The first kappa shape index (κ1) is 18.7. The third-order valence-corrected chi connectivity index (χ3v) is 5.54. The van der Waals surface area contributed by atoms with Crippen molar-refractivity contribution in [3.05, 3.63) is 52.0 Å². The maximum atomic E-state index is 12.4. The minimum atomic E-state index is 0.0552. The molecule has 7 heteroatoms. The Labute approximate surface area is 165 Å². The second-order valence-corrected chi connectivity index (χ2v) is 8.20. The Bertz CT molecular complexity index is 1040. The number of nitrogens with zero attached hydrogens (tertiary/aromatic N) is 6. The van der Waals surface area contributed by atoms with E-state index in [-0.39, 0.29) is 11.5 Å². The summed E-state index contributed by atoms with van der Waals surface area (Å²) in [6.45, 7) is 10.8. The zero-order valence-electron chi connectivity index (χ0n) is 17.1. The molecule has 7 nitrogen and oxygen atoms in total. The number of fused-ring (bicyclic) bond motifs is 1. The van der Waals surface area contributed by atoms with Crippen LogP contribution in [0.3, 0.4) is 0 Å². The number of aryl methyl sites for hydroxylation is 2. The highest BCUT2D eigenvalue weighted by molar-refractivity contribution is 5.52. The first-order chi connectivity index (χ1) is 13.4. The first-order valence-electron chi connectivity index (χ1n) is 10.1. The summed E-state index contributed by atoms with van der Waals surface area (Å²) in [5.41, 5.74) is 3.80. The molecular weight excluding hydrogens is 352 g/mol. The Hall–Kier alpha value is -2.70. The third-order valence-electron chi connectivity index (χ3n) is 5.54. The average Bonchev–Trinajstić information content (AvgIpc) is 3.03. The van der Waals surface area contributed by atoms with Gasteiger partial charge in [-0.2, -0.15) is 9.61 Å². The molecule has 0 saturated carbocycles. The molecule has 0 unspecified atom stereocenters. The van der Waals surface area contributed by atoms with Crippen molar-refractivity contribution in [2.45, 2.75) is 53.0 Å². The van der Waals surface area contributed by atoms with Crippen LogP contribution in [0, 0.1) is 19.8 Å². The molecule has 0 bridgehead atoms. The van der Waals surface area contributed by atoms with E-state index in [1.54, 1.807) is 17.0 Å². The van der Waals surface area contributed by atoms with Crippen LogP contribution in [0.2, 0.25) is 0 Å². The van der Waals surface area contributed by atoms with Gasteiger partial charge in [0.25, 0.3) is 5.56 Å². The van der Waals surface area contributed by atoms with Crippen molar-refractivity contribution < 1.29 is 0 Å².